The zero-order chi connectivity index (χ0) is 20.5. The maximum Gasteiger partial charge on any atom is 0.295 e. The van der Waals surface area contributed by atoms with Crippen molar-refractivity contribution in [2.75, 3.05) is 11.1 Å². The van der Waals surface area contributed by atoms with Crippen LogP contribution in [0.15, 0.2) is 63.7 Å². The fourth-order valence-corrected chi connectivity index (χ4v) is 3.56. The lowest BCUT2D eigenvalue weighted by Crippen LogP contribution is -2.06. The number of hydrogen-bond acceptors (Lipinski definition) is 6. The van der Waals surface area contributed by atoms with E-state index in [4.69, 9.17) is 5.73 Å². The molecule has 0 aliphatic rings. The molecule has 8 nitrogen and oxygen atoms in total. The summed E-state index contributed by atoms with van der Waals surface area (Å²) in [5.74, 6) is -0.277. The van der Waals surface area contributed by atoms with Crippen molar-refractivity contribution in [1.29, 1.82) is 0 Å². The summed E-state index contributed by atoms with van der Waals surface area (Å²) in [5.41, 5.74) is 8.08. The van der Waals surface area contributed by atoms with Crippen LogP contribution in [0.1, 0.15) is 12.5 Å². The quantitative estimate of drug-likeness (QED) is 0.341. The lowest BCUT2D eigenvalue weighted by atomic mass is 10.1. The van der Waals surface area contributed by atoms with Crippen molar-refractivity contribution in [2.45, 2.75) is 18.7 Å². The van der Waals surface area contributed by atoms with Gasteiger partial charge in [0.1, 0.15) is 10.6 Å². The molecule has 3 aromatic carbocycles. The Labute approximate surface area is 161 Å². The van der Waals surface area contributed by atoms with Crippen LogP contribution in [-0.2, 0) is 14.9 Å². The van der Waals surface area contributed by atoms with Crippen LogP contribution in [0.4, 0.5) is 22.7 Å². The number of nitrogens with zero attached hydrogens (tertiary/aromatic N) is 2. The van der Waals surface area contributed by atoms with Gasteiger partial charge in [-0.1, -0.05) is 12.1 Å². The topological polar surface area (TPSA) is 134 Å². The van der Waals surface area contributed by atoms with E-state index in [1.165, 1.54) is 19.1 Å². The molecule has 3 rings (SSSR count). The van der Waals surface area contributed by atoms with Crippen molar-refractivity contribution < 1.29 is 17.8 Å². The molecule has 0 aliphatic carbocycles. The van der Waals surface area contributed by atoms with E-state index in [1.54, 1.807) is 43.3 Å². The maximum atomic E-state index is 11.7. The van der Waals surface area contributed by atoms with E-state index in [9.17, 15) is 17.8 Å². The Morgan fingerprint density at radius 2 is 1.82 bits per heavy atom. The summed E-state index contributed by atoms with van der Waals surface area (Å²) < 4.78 is 33.0. The molecule has 0 fully saturated rings. The van der Waals surface area contributed by atoms with E-state index >= 15 is 0 Å². The summed E-state index contributed by atoms with van der Waals surface area (Å²) in [6, 6.07) is 12.9. The SMILES string of the molecule is CC(=O)Nc1cc(N)ccc1N=Nc1ccc2cc(C)cc(S(=O)(=O)O)c2c1. The Morgan fingerprint density at radius 1 is 1.07 bits per heavy atom. The minimum absolute atomic E-state index is 0.189. The van der Waals surface area contributed by atoms with Gasteiger partial charge in [-0.15, -0.1) is 5.11 Å². The number of carbonyl (C=O) groups excluding carboxylic acids is 1. The second-order valence-corrected chi connectivity index (χ2v) is 7.69. The Morgan fingerprint density at radius 3 is 2.50 bits per heavy atom. The van der Waals surface area contributed by atoms with Crippen LogP contribution < -0.4 is 11.1 Å². The first kappa shape index (κ1) is 19.5. The molecule has 0 spiro atoms. The number of rotatable bonds is 4. The molecular weight excluding hydrogens is 380 g/mol. The third-order valence-electron chi connectivity index (χ3n) is 3.93. The van der Waals surface area contributed by atoms with E-state index < -0.39 is 10.1 Å². The first-order valence-electron chi connectivity index (χ1n) is 8.24. The molecule has 9 heteroatoms. The molecule has 0 saturated heterocycles. The van der Waals surface area contributed by atoms with Gasteiger partial charge in [0, 0.05) is 18.0 Å². The number of amides is 1. The largest absolute Gasteiger partial charge is 0.399 e. The Kier molecular flexibility index (Phi) is 5.12. The van der Waals surface area contributed by atoms with Crippen LogP contribution in [0, 0.1) is 6.92 Å². The molecule has 28 heavy (non-hydrogen) atoms. The highest BCUT2D eigenvalue weighted by molar-refractivity contribution is 7.86. The summed E-state index contributed by atoms with van der Waals surface area (Å²) in [6.45, 7) is 3.11. The number of nitrogen functional groups attached to an aromatic ring is 1. The van der Waals surface area contributed by atoms with Crippen LogP contribution in [0.2, 0.25) is 0 Å². The molecule has 0 radical (unpaired) electrons. The molecule has 1 amide bonds. The number of fused-ring (bicyclic) bond motifs is 1. The van der Waals surface area contributed by atoms with Gasteiger partial charge in [0.2, 0.25) is 5.91 Å². The fourth-order valence-electron chi connectivity index (χ4n) is 2.77. The van der Waals surface area contributed by atoms with E-state index in [-0.39, 0.29) is 10.8 Å². The zero-order valence-electron chi connectivity index (χ0n) is 15.2. The summed E-state index contributed by atoms with van der Waals surface area (Å²) in [6.07, 6.45) is 0. The third-order valence-corrected chi connectivity index (χ3v) is 4.82. The van der Waals surface area contributed by atoms with Gasteiger partial charge in [0.15, 0.2) is 0 Å². The second kappa shape index (κ2) is 7.37. The lowest BCUT2D eigenvalue weighted by molar-refractivity contribution is -0.114. The normalized spacial score (nSPS) is 11.8. The highest BCUT2D eigenvalue weighted by Gasteiger charge is 2.15. The van der Waals surface area contributed by atoms with E-state index in [0.717, 1.165) is 0 Å². The Hall–Kier alpha value is -3.30. The highest BCUT2D eigenvalue weighted by Crippen LogP contribution is 2.32. The predicted molar refractivity (Wildman–Crippen MR) is 108 cm³/mol. The molecule has 0 atom stereocenters. The van der Waals surface area contributed by atoms with Gasteiger partial charge in [-0.25, -0.2) is 0 Å². The smallest absolute Gasteiger partial charge is 0.295 e. The van der Waals surface area contributed by atoms with Crippen molar-refractivity contribution in [3.63, 3.8) is 0 Å². The highest BCUT2D eigenvalue weighted by atomic mass is 32.2. The van der Waals surface area contributed by atoms with Crippen molar-refractivity contribution in [3.8, 4) is 0 Å². The predicted octanol–water partition coefficient (Wildman–Crippen LogP) is 4.35. The minimum atomic E-state index is -4.39. The molecule has 0 bridgehead atoms. The molecule has 3 aromatic rings. The number of anilines is 2. The molecule has 144 valence electrons. The van der Waals surface area contributed by atoms with Crippen LogP contribution in [0.25, 0.3) is 10.8 Å². The number of carbonyl (C=O) groups is 1. The standard InChI is InChI=1S/C19H18N4O4S/c1-11-7-13-3-5-15(10-16(13)19(8-11)28(25,26)27)22-23-17-6-4-14(20)9-18(17)21-12(2)24/h3-10H,20H2,1-2H3,(H,21,24)(H,25,26,27). The number of benzene rings is 3. The van der Waals surface area contributed by atoms with Crippen molar-refractivity contribution >= 4 is 49.5 Å². The van der Waals surface area contributed by atoms with Gasteiger partial charge in [0.05, 0.1) is 11.4 Å². The summed E-state index contributed by atoms with van der Waals surface area (Å²) >= 11 is 0. The number of hydrogen-bond donors (Lipinski definition) is 3. The van der Waals surface area contributed by atoms with Gasteiger partial charge in [0.25, 0.3) is 10.1 Å². The summed E-state index contributed by atoms with van der Waals surface area (Å²) in [7, 11) is -4.39. The van der Waals surface area contributed by atoms with Crippen molar-refractivity contribution in [1.82, 2.24) is 0 Å². The molecular formula is C19H18N4O4S. The first-order chi connectivity index (χ1) is 13.1. The van der Waals surface area contributed by atoms with Crippen LogP contribution in [-0.4, -0.2) is 18.9 Å². The minimum Gasteiger partial charge on any atom is -0.399 e. The number of azo groups is 1. The van der Waals surface area contributed by atoms with Crippen LogP contribution >= 0.6 is 0 Å². The Bertz CT molecular complexity index is 1220. The van der Waals surface area contributed by atoms with Crippen molar-refractivity contribution in [2.24, 2.45) is 10.2 Å². The van der Waals surface area contributed by atoms with Gasteiger partial charge in [-0.2, -0.15) is 13.5 Å². The first-order valence-corrected chi connectivity index (χ1v) is 9.68. The maximum absolute atomic E-state index is 11.7. The number of aryl methyl sites for hydroxylation is 1. The lowest BCUT2D eigenvalue weighted by Gasteiger charge is -2.08. The molecule has 0 aliphatic heterocycles. The van der Waals surface area contributed by atoms with Gasteiger partial charge >= 0.3 is 0 Å². The van der Waals surface area contributed by atoms with Gasteiger partial charge < -0.3 is 11.1 Å². The van der Waals surface area contributed by atoms with E-state index in [2.05, 4.69) is 15.5 Å². The number of nitrogens with one attached hydrogen (secondary N) is 1. The molecule has 0 unspecified atom stereocenters. The van der Waals surface area contributed by atoms with Crippen LogP contribution in [0.3, 0.4) is 0 Å². The van der Waals surface area contributed by atoms with E-state index in [0.29, 0.717) is 39.1 Å². The Balaban J connectivity index is 2.06. The van der Waals surface area contributed by atoms with Crippen LogP contribution in [0.5, 0.6) is 0 Å². The molecule has 4 N–H and O–H groups in total. The molecule has 0 heterocycles. The second-order valence-electron chi connectivity index (χ2n) is 6.30. The van der Waals surface area contributed by atoms with Gasteiger partial charge in [-0.3, -0.25) is 9.35 Å². The summed E-state index contributed by atoms with van der Waals surface area (Å²) in [4.78, 5) is 11.2. The molecule has 0 saturated carbocycles. The van der Waals surface area contributed by atoms with Gasteiger partial charge in [-0.05, 0) is 54.3 Å². The third kappa shape index (κ3) is 4.33. The van der Waals surface area contributed by atoms with E-state index in [1.807, 2.05) is 0 Å². The monoisotopic (exact) mass is 398 g/mol. The van der Waals surface area contributed by atoms with Crippen molar-refractivity contribution in [3.05, 3.63) is 54.1 Å². The zero-order valence-corrected chi connectivity index (χ0v) is 16.0. The summed E-state index contributed by atoms with van der Waals surface area (Å²) in [5, 5.41) is 11.9. The molecule has 0 aromatic heterocycles. The average molecular weight is 398 g/mol. The number of nitrogens with two attached hydrogens (primary N) is 1. The average Bonchev–Trinajstić information content (AvgIpc) is 2.59. The fraction of sp³-hybridized carbons (Fsp3) is 0.105.